The standard InChI is InChI=1S/C19H21F2N3O2/c20-14-6-7-15(25)17(21)16(14)19(26)23-8-3-4-12(11-23)18-22-10-13-5-1-2-9-24(13)18/h6-7,10,12,25H,1-5,8-9,11H2. The minimum atomic E-state index is -1.20. The zero-order valence-electron chi connectivity index (χ0n) is 14.4. The highest BCUT2D eigenvalue weighted by Gasteiger charge is 2.32. The Labute approximate surface area is 150 Å². The van der Waals surface area contributed by atoms with Crippen LogP contribution in [0.3, 0.4) is 0 Å². The highest BCUT2D eigenvalue weighted by molar-refractivity contribution is 5.95. The van der Waals surface area contributed by atoms with Crippen LogP contribution in [0.1, 0.15) is 53.5 Å². The first-order valence-corrected chi connectivity index (χ1v) is 9.07. The van der Waals surface area contributed by atoms with Gasteiger partial charge in [0.15, 0.2) is 11.6 Å². The molecule has 1 atom stereocenters. The number of likely N-dealkylation sites (tertiary alicyclic amines) is 1. The number of hydrogen-bond donors (Lipinski definition) is 1. The Morgan fingerprint density at radius 2 is 2.04 bits per heavy atom. The minimum Gasteiger partial charge on any atom is -0.505 e. The van der Waals surface area contributed by atoms with E-state index in [4.69, 9.17) is 0 Å². The number of hydrogen-bond acceptors (Lipinski definition) is 3. The first-order chi connectivity index (χ1) is 12.6. The Morgan fingerprint density at radius 1 is 1.19 bits per heavy atom. The first-order valence-electron chi connectivity index (χ1n) is 9.07. The Morgan fingerprint density at radius 3 is 2.88 bits per heavy atom. The molecule has 1 N–H and O–H groups in total. The predicted molar refractivity (Wildman–Crippen MR) is 91.1 cm³/mol. The molecule has 0 bridgehead atoms. The van der Waals surface area contributed by atoms with Gasteiger partial charge in [-0.2, -0.15) is 0 Å². The molecule has 1 fully saturated rings. The third kappa shape index (κ3) is 2.85. The Hall–Kier alpha value is -2.44. The van der Waals surface area contributed by atoms with E-state index in [1.165, 1.54) is 10.6 Å². The number of rotatable bonds is 2. The molecule has 2 aliphatic heterocycles. The lowest BCUT2D eigenvalue weighted by Gasteiger charge is -2.33. The summed E-state index contributed by atoms with van der Waals surface area (Å²) in [5.41, 5.74) is 0.538. The van der Waals surface area contributed by atoms with Crippen molar-refractivity contribution in [1.82, 2.24) is 14.5 Å². The average Bonchev–Trinajstić information content (AvgIpc) is 3.09. The lowest BCUT2D eigenvalue weighted by Crippen LogP contribution is -2.40. The van der Waals surface area contributed by atoms with Gasteiger partial charge in [-0.25, -0.2) is 13.8 Å². The van der Waals surface area contributed by atoms with E-state index < -0.39 is 28.9 Å². The summed E-state index contributed by atoms with van der Waals surface area (Å²) < 4.78 is 30.4. The molecule has 1 saturated heterocycles. The summed E-state index contributed by atoms with van der Waals surface area (Å²) in [5.74, 6) is -2.56. The summed E-state index contributed by atoms with van der Waals surface area (Å²) in [5, 5.41) is 9.48. The van der Waals surface area contributed by atoms with E-state index in [1.807, 2.05) is 6.20 Å². The smallest absolute Gasteiger partial charge is 0.259 e. The number of phenols is 1. The zero-order valence-corrected chi connectivity index (χ0v) is 14.4. The van der Waals surface area contributed by atoms with Crippen molar-refractivity contribution in [1.29, 1.82) is 0 Å². The molecule has 7 heteroatoms. The van der Waals surface area contributed by atoms with E-state index in [-0.39, 0.29) is 5.92 Å². The van der Waals surface area contributed by atoms with E-state index >= 15 is 0 Å². The molecule has 1 aromatic heterocycles. The molecule has 0 saturated carbocycles. The number of amides is 1. The first kappa shape index (κ1) is 17.0. The van der Waals surface area contributed by atoms with Crippen LogP contribution in [-0.4, -0.2) is 38.6 Å². The van der Waals surface area contributed by atoms with Crippen LogP contribution in [0.25, 0.3) is 0 Å². The van der Waals surface area contributed by atoms with Crippen molar-refractivity contribution in [2.24, 2.45) is 0 Å². The second kappa shape index (κ2) is 6.70. The van der Waals surface area contributed by atoms with Gasteiger partial charge in [-0.1, -0.05) is 0 Å². The molecule has 0 spiro atoms. The highest BCUT2D eigenvalue weighted by Crippen LogP contribution is 2.31. The number of aromatic hydroxyl groups is 1. The fourth-order valence-electron chi connectivity index (χ4n) is 4.05. The molecule has 1 aromatic carbocycles. The SMILES string of the molecule is O=C(c1c(F)ccc(O)c1F)N1CCCC(c2ncc3n2CCCC3)C1. The van der Waals surface area contributed by atoms with Crippen LogP contribution in [0.5, 0.6) is 5.75 Å². The molecule has 2 aromatic rings. The number of aromatic nitrogens is 2. The number of piperidine rings is 1. The van der Waals surface area contributed by atoms with Crippen molar-refractivity contribution in [2.45, 2.75) is 44.6 Å². The number of carbonyl (C=O) groups excluding carboxylic acids is 1. The molecule has 26 heavy (non-hydrogen) atoms. The molecule has 2 aliphatic rings. The van der Waals surface area contributed by atoms with Gasteiger partial charge in [0, 0.05) is 37.4 Å². The van der Waals surface area contributed by atoms with Crippen molar-refractivity contribution in [3.63, 3.8) is 0 Å². The number of fused-ring (bicyclic) bond motifs is 1. The predicted octanol–water partition coefficient (Wildman–Crippen LogP) is 3.22. The molecule has 5 nitrogen and oxygen atoms in total. The fourth-order valence-corrected chi connectivity index (χ4v) is 4.05. The Kier molecular flexibility index (Phi) is 4.38. The van der Waals surface area contributed by atoms with Gasteiger partial charge in [-0.05, 0) is 44.2 Å². The Balaban J connectivity index is 1.59. The van der Waals surface area contributed by atoms with Crippen molar-refractivity contribution in [3.05, 3.63) is 47.0 Å². The number of nitrogens with zero attached hydrogens (tertiary/aromatic N) is 3. The fraction of sp³-hybridized carbons (Fsp3) is 0.474. The summed E-state index contributed by atoms with van der Waals surface area (Å²) in [6.45, 7) is 1.76. The molecule has 1 unspecified atom stereocenters. The molecule has 0 aliphatic carbocycles. The highest BCUT2D eigenvalue weighted by atomic mass is 19.1. The number of carbonyl (C=O) groups is 1. The van der Waals surface area contributed by atoms with Gasteiger partial charge >= 0.3 is 0 Å². The molecule has 0 radical (unpaired) electrons. The van der Waals surface area contributed by atoms with Crippen molar-refractivity contribution >= 4 is 5.91 Å². The molecule has 3 heterocycles. The van der Waals surface area contributed by atoms with E-state index in [0.717, 1.165) is 56.6 Å². The van der Waals surface area contributed by atoms with E-state index in [2.05, 4.69) is 9.55 Å². The maximum Gasteiger partial charge on any atom is 0.259 e. The van der Waals surface area contributed by atoms with E-state index in [9.17, 15) is 18.7 Å². The monoisotopic (exact) mass is 361 g/mol. The summed E-state index contributed by atoms with van der Waals surface area (Å²) in [7, 11) is 0. The third-order valence-electron chi connectivity index (χ3n) is 5.39. The van der Waals surface area contributed by atoms with E-state index in [1.54, 1.807) is 0 Å². The number of imidazole rings is 1. The molecule has 138 valence electrons. The normalized spacial score (nSPS) is 20.1. The van der Waals surface area contributed by atoms with Crippen LogP contribution in [0, 0.1) is 11.6 Å². The minimum absolute atomic E-state index is 0.0583. The van der Waals surface area contributed by atoms with Crippen molar-refractivity contribution < 1.29 is 18.7 Å². The van der Waals surface area contributed by atoms with Gasteiger partial charge in [0.2, 0.25) is 0 Å². The van der Waals surface area contributed by atoms with Gasteiger partial charge in [0.1, 0.15) is 17.2 Å². The summed E-state index contributed by atoms with van der Waals surface area (Å²) in [6.07, 6.45) is 6.85. The van der Waals surface area contributed by atoms with Gasteiger partial charge in [0.05, 0.1) is 0 Å². The van der Waals surface area contributed by atoms with Gasteiger partial charge < -0.3 is 14.6 Å². The van der Waals surface area contributed by atoms with E-state index in [0.29, 0.717) is 13.1 Å². The van der Waals surface area contributed by atoms with Crippen LogP contribution >= 0.6 is 0 Å². The summed E-state index contributed by atoms with van der Waals surface area (Å²) in [6, 6.07) is 1.83. The second-order valence-electron chi connectivity index (χ2n) is 7.06. The second-order valence-corrected chi connectivity index (χ2v) is 7.06. The van der Waals surface area contributed by atoms with Gasteiger partial charge in [-0.15, -0.1) is 0 Å². The van der Waals surface area contributed by atoms with Crippen LogP contribution in [0.4, 0.5) is 8.78 Å². The summed E-state index contributed by atoms with van der Waals surface area (Å²) in [4.78, 5) is 18.8. The van der Waals surface area contributed by atoms with Crippen molar-refractivity contribution in [3.8, 4) is 5.75 Å². The largest absolute Gasteiger partial charge is 0.505 e. The zero-order chi connectivity index (χ0) is 18.3. The van der Waals surface area contributed by atoms with Crippen LogP contribution in [0.2, 0.25) is 0 Å². The number of benzene rings is 1. The van der Waals surface area contributed by atoms with Gasteiger partial charge in [-0.3, -0.25) is 4.79 Å². The number of halogens is 2. The molecular weight excluding hydrogens is 340 g/mol. The van der Waals surface area contributed by atoms with Crippen LogP contribution in [-0.2, 0) is 13.0 Å². The summed E-state index contributed by atoms with van der Waals surface area (Å²) >= 11 is 0. The number of aryl methyl sites for hydroxylation is 1. The third-order valence-corrected chi connectivity index (χ3v) is 5.39. The topological polar surface area (TPSA) is 58.4 Å². The van der Waals surface area contributed by atoms with Gasteiger partial charge in [0.25, 0.3) is 5.91 Å². The molecule has 1 amide bonds. The maximum atomic E-state index is 14.1. The lowest BCUT2D eigenvalue weighted by atomic mass is 9.96. The molecular formula is C19H21F2N3O2. The van der Waals surface area contributed by atoms with Crippen LogP contribution < -0.4 is 0 Å². The number of phenolic OH excluding ortho intramolecular Hbond substituents is 1. The van der Waals surface area contributed by atoms with Crippen LogP contribution in [0.15, 0.2) is 18.3 Å². The maximum absolute atomic E-state index is 14.1. The molecule has 4 rings (SSSR count). The quantitative estimate of drug-likeness (QED) is 0.894. The average molecular weight is 361 g/mol. The Bertz CT molecular complexity index is 850. The van der Waals surface area contributed by atoms with Crippen molar-refractivity contribution in [2.75, 3.05) is 13.1 Å². The lowest BCUT2D eigenvalue weighted by molar-refractivity contribution is 0.0692.